The van der Waals surface area contributed by atoms with E-state index < -0.39 is 4.75 Å². The first-order valence-electron chi connectivity index (χ1n) is 9.74. The second-order valence-electron chi connectivity index (χ2n) is 7.33. The molecule has 1 heterocycles. The molecule has 0 aliphatic carbocycles. The van der Waals surface area contributed by atoms with Gasteiger partial charge in [0.25, 0.3) is 5.91 Å². The van der Waals surface area contributed by atoms with Gasteiger partial charge in [-0.1, -0.05) is 84.9 Å². The van der Waals surface area contributed by atoms with Crippen molar-refractivity contribution < 1.29 is 4.79 Å². The Balaban J connectivity index is 1.70. The SMILES string of the molecule is CS[C@@]1(c2ccc3ccccc3c2)C(=O)N(c2ccccc2)[C@@H]1c1ccccc1. The van der Waals surface area contributed by atoms with Crippen molar-refractivity contribution >= 4 is 34.1 Å². The van der Waals surface area contributed by atoms with Gasteiger partial charge in [-0.05, 0) is 46.4 Å². The Morgan fingerprint density at radius 2 is 1.38 bits per heavy atom. The van der Waals surface area contributed by atoms with E-state index in [-0.39, 0.29) is 11.9 Å². The molecule has 1 amide bonds. The smallest absolute Gasteiger partial charge is 0.250 e. The van der Waals surface area contributed by atoms with Gasteiger partial charge >= 0.3 is 0 Å². The Hall–Kier alpha value is -3.04. The fourth-order valence-electron chi connectivity index (χ4n) is 4.42. The van der Waals surface area contributed by atoms with E-state index >= 15 is 0 Å². The zero-order valence-corrected chi connectivity index (χ0v) is 17.0. The number of hydrogen-bond donors (Lipinski definition) is 0. The maximum absolute atomic E-state index is 13.7. The van der Waals surface area contributed by atoms with E-state index in [4.69, 9.17) is 0 Å². The molecule has 1 aliphatic rings. The van der Waals surface area contributed by atoms with Crippen LogP contribution in [-0.2, 0) is 9.54 Å². The van der Waals surface area contributed by atoms with Crippen LogP contribution in [0.15, 0.2) is 103 Å². The van der Waals surface area contributed by atoms with Gasteiger partial charge in [-0.2, -0.15) is 0 Å². The van der Waals surface area contributed by atoms with E-state index in [0.29, 0.717) is 0 Å². The highest BCUT2D eigenvalue weighted by Crippen LogP contribution is 2.59. The first-order chi connectivity index (χ1) is 14.3. The number of carbonyl (C=O) groups excluding carboxylic acids is 1. The number of anilines is 1. The van der Waals surface area contributed by atoms with Gasteiger partial charge in [0.2, 0.25) is 0 Å². The molecule has 142 valence electrons. The first kappa shape index (κ1) is 18.0. The molecule has 0 bridgehead atoms. The molecule has 1 fully saturated rings. The van der Waals surface area contributed by atoms with Crippen LogP contribution in [0.25, 0.3) is 10.8 Å². The monoisotopic (exact) mass is 395 g/mol. The highest BCUT2D eigenvalue weighted by molar-refractivity contribution is 8.00. The Labute approximate surface area is 175 Å². The zero-order chi connectivity index (χ0) is 19.8. The van der Waals surface area contributed by atoms with Crippen molar-refractivity contribution in [1.82, 2.24) is 0 Å². The number of β-lactam (4-membered cyclic amide) rings is 1. The van der Waals surface area contributed by atoms with E-state index in [1.54, 1.807) is 11.8 Å². The van der Waals surface area contributed by atoms with Gasteiger partial charge in [-0.3, -0.25) is 4.79 Å². The van der Waals surface area contributed by atoms with Crippen molar-refractivity contribution in [3.05, 3.63) is 114 Å². The summed E-state index contributed by atoms with van der Waals surface area (Å²) >= 11 is 1.64. The zero-order valence-electron chi connectivity index (χ0n) is 16.2. The summed E-state index contributed by atoms with van der Waals surface area (Å²) in [5.41, 5.74) is 3.16. The first-order valence-corrected chi connectivity index (χ1v) is 11.0. The summed E-state index contributed by atoms with van der Waals surface area (Å²) in [4.78, 5) is 15.7. The lowest BCUT2D eigenvalue weighted by Gasteiger charge is -2.55. The molecule has 2 atom stereocenters. The van der Waals surface area contributed by atoms with Crippen LogP contribution in [0.1, 0.15) is 17.2 Å². The summed E-state index contributed by atoms with van der Waals surface area (Å²) in [5, 5.41) is 2.35. The van der Waals surface area contributed by atoms with Crippen LogP contribution >= 0.6 is 11.8 Å². The standard InChI is InChI=1S/C26H21NOS/c1-29-26(22-17-16-19-10-8-9-13-21(19)18-22)24(20-11-4-2-5-12-20)27(25(26)28)23-14-6-3-7-15-23/h2-18,24H,1H3/t24-,26-/m1/s1. The number of amides is 1. The van der Waals surface area contributed by atoms with Crippen LogP contribution < -0.4 is 4.90 Å². The van der Waals surface area contributed by atoms with Crippen LogP contribution in [0.5, 0.6) is 0 Å². The summed E-state index contributed by atoms with van der Waals surface area (Å²) in [6.45, 7) is 0. The van der Waals surface area contributed by atoms with Gasteiger partial charge in [0, 0.05) is 5.69 Å². The molecule has 0 N–H and O–H groups in total. The molecule has 4 aromatic rings. The maximum atomic E-state index is 13.7. The maximum Gasteiger partial charge on any atom is 0.250 e. The van der Waals surface area contributed by atoms with E-state index in [9.17, 15) is 4.79 Å². The van der Waals surface area contributed by atoms with Gasteiger partial charge < -0.3 is 4.90 Å². The molecule has 0 spiro atoms. The summed E-state index contributed by atoms with van der Waals surface area (Å²) in [7, 11) is 0. The van der Waals surface area contributed by atoms with Crippen molar-refractivity contribution in [2.75, 3.05) is 11.2 Å². The Bertz CT molecular complexity index is 1170. The molecule has 1 aliphatic heterocycles. The third-order valence-corrected chi connectivity index (χ3v) is 7.11. The molecule has 2 nitrogen and oxygen atoms in total. The van der Waals surface area contributed by atoms with Crippen molar-refractivity contribution in [1.29, 1.82) is 0 Å². The molecular formula is C26H21NOS. The third-order valence-electron chi connectivity index (χ3n) is 5.83. The lowest BCUT2D eigenvalue weighted by atomic mass is 9.76. The summed E-state index contributed by atoms with van der Waals surface area (Å²) in [6.07, 6.45) is 2.05. The van der Waals surface area contributed by atoms with E-state index in [1.807, 2.05) is 71.8 Å². The van der Waals surface area contributed by atoms with Gasteiger partial charge in [-0.15, -0.1) is 11.8 Å². The molecule has 4 aromatic carbocycles. The Morgan fingerprint density at radius 3 is 2.07 bits per heavy atom. The second-order valence-corrected chi connectivity index (χ2v) is 8.38. The largest absolute Gasteiger partial charge is 0.301 e. The van der Waals surface area contributed by atoms with Crippen molar-refractivity contribution in [2.45, 2.75) is 10.8 Å². The molecule has 29 heavy (non-hydrogen) atoms. The summed E-state index contributed by atoms with van der Waals surface area (Å²) < 4.78 is -0.638. The lowest BCUT2D eigenvalue weighted by Crippen LogP contribution is -2.64. The van der Waals surface area contributed by atoms with Crippen LogP contribution in [0.3, 0.4) is 0 Å². The number of rotatable bonds is 4. The second kappa shape index (κ2) is 7.09. The fraction of sp³-hybridized carbons (Fsp3) is 0.115. The topological polar surface area (TPSA) is 20.3 Å². The molecule has 0 unspecified atom stereocenters. The number of thioether (sulfide) groups is 1. The minimum Gasteiger partial charge on any atom is -0.301 e. The number of para-hydroxylation sites is 1. The quantitative estimate of drug-likeness (QED) is 0.384. The summed E-state index contributed by atoms with van der Waals surface area (Å²) in [6, 6.07) is 35.0. The highest BCUT2D eigenvalue weighted by Gasteiger charge is 2.62. The fourth-order valence-corrected chi connectivity index (χ4v) is 5.52. The normalized spacial score (nSPS) is 21.2. The molecule has 0 saturated carbocycles. The van der Waals surface area contributed by atoms with Gasteiger partial charge in [0.05, 0.1) is 6.04 Å². The number of benzene rings is 4. The molecule has 5 rings (SSSR count). The van der Waals surface area contributed by atoms with Crippen LogP contribution in [0.4, 0.5) is 5.69 Å². The third kappa shape index (κ3) is 2.69. The van der Waals surface area contributed by atoms with Crippen LogP contribution in [0, 0.1) is 0 Å². The van der Waals surface area contributed by atoms with Gasteiger partial charge in [0.1, 0.15) is 4.75 Å². The minimum absolute atomic E-state index is 0.0604. The van der Waals surface area contributed by atoms with Gasteiger partial charge in [0.15, 0.2) is 0 Å². The number of nitrogens with zero attached hydrogens (tertiary/aromatic N) is 1. The molecule has 0 aromatic heterocycles. The predicted octanol–water partition coefficient (Wildman–Crippen LogP) is 6.19. The van der Waals surface area contributed by atoms with Gasteiger partial charge in [-0.25, -0.2) is 0 Å². The average Bonchev–Trinajstić information content (AvgIpc) is 2.79. The Kier molecular flexibility index (Phi) is 4.40. The highest BCUT2D eigenvalue weighted by atomic mass is 32.2. The summed E-state index contributed by atoms with van der Waals surface area (Å²) in [5.74, 6) is 0.139. The molecule has 0 radical (unpaired) electrons. The van der Waals surface area contributed by atoms with Crippen LogP contribution in [-0.4, -0.2) is 12.2 Å². The lowest BCUT2D eigenvalue weighted by molar-refractivity contribution is -0.128. The van der Waals surface area contributed by atoms with E-state index in [2.05, 4.69) is 42.5 Å². The number of carbonyl (C=O) groups is 1. The van der Waals surface area contributed by atoms with Crippen molar-refractivity contribution in [2.24, 2.45) is 0 Å². The Morgan fingerprint density at radius 1 is 0.759 bits per heavy atom. The number of hydrogen-bond acceptors (Lipinski definition) is 2. The number of fused-ring (bicyclic) bond motifs is 1. The van der Waals surface area contributed by atoms with Crippen molar-refractivity contribution in [3.63, 3.8) is 0 Å². The predicted molar refractivity (Wildman–Crippen MR) is 122 cm³/mol. The molecular weight excluding hydrogens is 374 g/mol. The van der Waals surface area contributed by atoms with E-state index in [1.165, 1.54) is 5.39 Å². The van der Waals surface area contributed by atoms with E-state index in [0.717, 1.165) is 22.2 Å². The van der Waals surface area contributed by atoms with Crippen LogP contribution in [0.2, 0.25) is 0 Å². The minimum atomic E-state index is -0.638. The van der Waals surface area contributed by atoms with Crippen molar-refractivity contribution in [3.8, 4) is 0 Å². The average molecular weight is 396 g/mol. The molecule has 1 saturated heterocycles. The molecule has 3 heteroatoms.